The number of unbranched alkanes of at least 4 members (excludes halogenated alkanes) is 6. The summed E-state index contributed by atoms with van der Waals surface area (Å²) >= 11 is 0. The number of rotatable bonds is 26. The second kappa shape index (κ2) is 35.5. The Labute approximate surface area is 296 Å². The first-order chi connectivity index (χ1) is 23.2. The molecule has 0 fully saturated rings. The Morgan fingerprint density at radius 1 is 0.854 bits per heavy atom. The zero-order chi connectivity index (χ0) is 36.3. The molecule has 0 radical (unpaired) electrons. The second-order valence-corrected chi connectivity index (χ2v) is 12.4. The van der Waals surface area contributed by atoms with Crippen molar-refractivity contribution >= 4 is 12.3 Å². The fourth-order valence-electron chi connectivity index (χ4n) is 4.92. The minimum Gasteiger partial charge on any atom is -0.463 e. The number of aldehydes is 1. The number of esters is 1. The molecule has 0 bridgehead atoms. The Morgan fingerprint density at radius 3 is 2.02 bits per heavy atom. The molecular formula is C41H73N3O4. The molecule has 1 heterocycles. The molecule has 0 N–H and O–H groups in total. The van der Waals surface area contributed by atoms with E-state index in [0.29, 0.717) is 6.61 Å². The molecule has 0 aromatic carbocycles. The predicted octanol–water partition coefficient (Wildman–Crippen LogP) is 10.4. The third kappa shape index (κ3) is 31.8. The van der Waals surface area contributed by atoms with Crippen molar-refractivity contribution in [1.29, 1.82) is 0 Å². The van der Waals surface area contributed by atoms with Crippen LogP contribution in [-0.2, 0) is 25.6 Å². The molecule has 0 unspecified atom stereocenters. The van der Waals surface area contributed by atoms with Crippen LogP contribution in [0, 0.1) is 6.92 Å². The van der Waals surface area contributed by atoms with Gasteiger partial charge < -0.3 is 18.9 Å². The first-order valence-corrected chi connectivity index (χ1v) is 18.6. The third-order valence-electron chi connectivity index (χ3n) is 7.73. The molecule has 1 aromatic rings. The highest BCUT2D eigenvalue weighted by Gasteiger charge is 2.06. The lowest BCUT2D eigenvalue weighted by atomic mass is 10.1. The average molecular weight is 672 g/mol. The number of carbonyl (C=O) groups is 2. The number of allylic oxidation sites excluding steroid dienone is 7. The van der Waals surface area contributed by atoms with Gasteiger partial charge in [-0.15, -0.1) is 0 Å². The number of ether oxygens (including phenoxy) is 2. The molecule has 0 saturated carbocycles. The van der Waals surface area contributed by atoms with Gasteiger partial charge in [0.1, 0.15) is 12.1 Å². The molecule has 0 amide bonds. The van der Waals surface area contributed by atoms with Gasteiger partial charge in [0.15, 0.2) is 0 Å². The molecule has 0 atom stereocenters. The van der Waals surface area contributed by atoms with Crippen molar-refractivity contribution in [1.82, 2.24) is 14.5 Å². The first kappa shape index (κ1) is 47.3. The molecule has 7 heteroatoms. The number of aryl methyl sites for hydroxylation is 2. The maximum atomic E-state index is 11.9. The van der Waals surface area contributed by atoms with Gasteiger partial charge in [-0.1, -0.05) is 74.5 Å². The van der Waals surface area contributed by atoms with Crippen LogP contribution in [0.2, 0.25) is 0 Å². The van der Waals surface area contributed by atoms with Crippen molar-refractivity contribution in [2.24, 2.45) is 0 Å². The van der Waals surface area contributed by atoms with Crippen molar-refractivity contribution in [3.63, 3.8) is 0 Å². The normalized spacial score (nSPS) is 11.5. The summed E-state index contributed by atoms with van der Waals surface area (Å²) in [6, 6.07) is 0. The molecule has 0 spiro atoms. The van der Waals surface area contributed by atoms with E-state index in [1.165, 1.54) is 44.2 Å². The van der Waals surface area contributed by atoms with Crippen molar-refractivity contribution in [3.8, 4) is 0 Å². The smallest absolute Gasteiger partial charge is 0.330 e. The minimum atomic E-state index is -0.201. The predicted molar refractivity (Wildman–Crippen MR) is 205 cm³/mol. The van der Waals surface area contributed by atoms with Crippen LogP contribution < -0.4 is 0 Å². The Hall–Kier alpha value is -2.77. The second-order valence-electron chi connectivity index (χ2n) is 12.4. The summed E-state index contributed by atoms with van der Waals surface area (Å²) in [6.07, 6.45) is 28.8. The van der Waals surface area contributed by atoms with Crippen molar-refractivity contribution in [2.45, 2.75) is 145 Å². The maximum absolute atomic E-state index is 11.9. The van der Waals surface area contributed by atoms with Crippen LogP contribution in [0.4, 0.5) is 0 Å². The molecule has 0 aliphatic rings. The van der Waals surface area contributed by atoms with Crippen molar-refractivity contribution in [2.75, 3.05) is 40.0 Å². The molecule has 0 aliphatic carbocycles. The van der Waals surface area contributed by atoms with Gasteiger partial charge in [-0.25, -0.2) is 9.78 Å². The van der Waals surface area contributed by atoms with E-state index in [2.05, 4.69) is 53.6 Å². The third-order valence-corrected chi connectivity index (χ3v) is 7.73. The number of carbonyl (C=O) groups excluding carboxylic acids is 2. The molecule has 1 rings (SSSR count). The van der Waals surface area contributed by atoms with E-state index in [0.717, 1.165) is 101 Å². The molecule has 48 heavy (non-hydrogen) atoms. The highest BCUT2D eigenvalue weighted by Crippen LogP contribution is 2.09. The Bertz CT molecular complexity index is 1020. The van der Waals surface area contributed by atoms with E-state index >= 15 is 0 Å². The van der Waals surface area contributed by atoms with Gasteiger partial charge in [-0.2, -0.15) is 0 Å². The van der Waals surface area contributed by atoms with Gasteiger partial charge in [0.25, 0.3) is 0 Å². The van der Waals surface area contributed by atoms with Gasteiger partial charge in [0.2, 0.25) is 0 Å². The lowest BCUT2D eigenvalue weighted by Gasteiger charge is -2.22. The van der Waals surface area contributed by atoms with Gasteiger partial charge in [0.05, 0.1) is 6.61 Å². The zero-order valence-corrected chi connectivity index (χ0v) is 32.5. The van der Waals surface area contributed by atoms with Crippen LogP contribution in [0.3, 0.4) is 0 Å². The summed E-state index contributed by atoms with van der Waals surface area (Å²) < 4.78 is 12.8. The minimum absolute atomic E-state index is 0.201. The van der Waals surface area contributed by atoms with Crippen LogP contribution in [-0.4, -0.2) is 66.7 Å². The van der Waals surface area contributed by atoms with Crippen LogP contribution in [0.15, 0.2) is 59.5 Å². The summed E-state index contributed by atoms with van der Waals surface area (Å²) in [4.78, 5) is 28.9. The van der Waals surface area contributed by atoms with E-state index in [1.54, 1.807) is 19.3 Å². The summed E-state index contributed by atoms with van der Waals surface area (Å²) in [6.45, 7) is 22.1. The van der Waals surface area contributed by atoms with Crippen LogP contribution in [0.1, 0.15) is 138 Å². The van der Waals surface area contributed by atoms with Gasteiger partial charge in [-0.3, -0.25) is 4.79 Å². The summed E-state index contributed by atoms with van der Waals surface area (Å²) in [5.41, 5.74) is 3.57. The van der Waals surface area contributed by atoms with E-state index in [9.17, 15) is 9.59 Å². The number of hydrogen-bond donors (Lipinski definition) is 0. The zero-order valence-electron chi connectivity index (χ0n) is 32.5. The van der Waals surface area contributed by atoms with Gasteiger partial charge in [0, 0.05) is 38.7 Å². The van der Waals surface area contributed by atoms with Crippen LogP contribution in [0.5, 0.6) is 0 Å². The monoisotopic (exact) mass is 672 g/mol. The van der Waals surface area contributed by atoms with E-state index in [1.807, 2.05) is 46.9 Å². The van der Waals surface area contributed by atoms with Crippen molar-refractivity contribution in [3.05, 3.63) is 65.3 Å². The summed E-state index contributed by atoms with van der Waals surface area (Å²) in [7, 11) is 1.78. The number of hydrogen-bond acceptors (Lipinski definition) is 6. The van der Waals surface area contributed by atoms with Gasteiger partial charge in [-0.05, 0) is 125 Å². The number of nitrogens with zero attached hydrogens (tertiary/aromatic N) is 3. The highest BCUT2D eigenvalue weighted by atomic mass is 16.5. The maximum Gasteiger partial charge on any atom is 0.330 e. The largest absolute Gasteiger partial charge is 0.463 e. The van der Waals surface area contributed by atoms with Crippen LogP contribution in [0.25, 0.3) is 0 Å². The lowest BCUT2D eigenvalue weighted by molar-refractivity contribution is -0.137. The Balaban J connectivity index is 0. The van der Waals surface area contributed by atoms with E-state index < -0.39 is 0 Å². The van der Waals surface area contributed by atoms with Crippen LogP contribution >= 0.6 is 0 Å². The topological polar surface area (TPSA) is 73.7 Å². The standard InChI is InChI=1S/C29H51N3O3.C10H16O.C2H6/c1-5-6-11-17-27(2)26-29(33)35-25-15-10-8-13-20-31(19-12-7-9-14-24-34-4)21-16-22-32-23-18-30-28(32)3;1-9(2)5-4-6-10(3)7-8-11;1-2/h5-6,18,23,26H,7-17,19-22,24-25H2,1-4H3;5,7-8H,4,6H2,1-3H3;1-2H3/b6-5+,27-26+;10-7+;. The fraction of sp³-hybridized carbons (Fsp3) is 0.683. The van der Waals surface area contributed by atoms with Crippen molar-refractivity contribution < 1.29 is 19.1 Å². The molecule has 276 valence electrons. The number of aromatic nitrogens is 2. The summed E-state index contributed by atoms with van der Waals surface area (Å²) in [5.74, 6) is 0.891. The number of methoxy groups -OCH3 is 1. The number of imidazole rings is 1. The Morgan fingerprint density at radius 2 is 1.46 bits per heavy atom. The summed E-state index contributed by atoms with van der Waals surface area (Å²) in [5, 5.41) is 0. The SMILES string of the molecule is C/C=C/CC/C(C)=C/C(=O)OCCCCCCN(CCCCCCOC)CCCn1ccnc1C.CC.CC(C)=CCC/C(C)=C/C=O. The molecule has 0 aliphatic heterocycles. The fourth-order valence-corrected chi connectivity index (χ4v) is 4.92. The molecule has 0 saturated heterocycles. The van der Waals surface area contributed by atoms with Gasteiger partial charge >= 0.3 is 5.97 Å². The molecule has 7 nitrogen and oxygen atoms in total. The lowest BCUT2D eigenvalue weighted by Crippen LogP contribution is -2.28. The van der Waals surface area contributed by atoms with E-state index in [4.69, 9.17) is 9.47 Å². The molecular weight excluding hydrogens is 598 g/mol. The average Bonchev–Trinajstić information content (AvgIpc) is 3.47. The molecule has 1 aromatic heterocycles. The first-order valence-electron chi connectivity index (χ1n) is 18.6. The Kier molecular flexibility index (Phi) is 35.1. The highest BCUT2D eigenvalue weighted by molar-refractivity contribution is 5.82. The van der Waals surface area contributed by atoms with E-state index in [-0.39, 0.29) is 5.97 Å². The quantitative estimate of drug-likeness (QED) is 0.0321.